The minimum atomic E-state index is -4.06. The second-order valence-corrected chi connectivity index (χ2v) is 7.47. The molecule has 0 amide bonds. The van der Waals surface area contributed by atoms with E-state index in [0.29, 0.717) is 6.54 Å². The number of pyridine rings is 1. The molecular weight excluding hydrogens is 324 g/mol. The number of aromatic nitrogens is 1. The normalized spacial score (nSPS) is 17.7. The van der Waals surface area contributed by atoms with Crippen LogP contribution in [0.15, 0.2) is 17.2 Å². The van der Waals surface area contributed by atoms with E-state index in [1.165, 1.54) is 0 Å². The SMILES string of the molecule is NS(=O)(=O)c1cnc(NCC2(CO)CCCCC2)c([N+](=O)[O-])c1. The molecule has 0 aliphatic heterocycles. The molecule has 1 aliphatic carbocycles. The Labute approximate surface area is 134 Å². The lowest BCUT2D eigenvalue weighted by Crippen LogP contribution is -2.35. The van der Waals surface area contributed by atoms with Crippen molar-refractivity contribution in [2.45, 2.75) is 37.0 Å². The third kappa shape index (κ3) is 4.15. The summed E-state index contributed by atoms with van der Waals surface area (Å²) in [4.78, 5) is 13.8. The molecule has 0 radical (unpaired) electrons. The van der Waals surface area contributed by atoms with Gasteiger partial charge >= 0.3 is 5.69 Å². The van der Waals surface area contributed by atoms with Gasteiger partial charge in [0.1, 0.15) is 4.90 Å². The number of aliphatic hydroxyl groups is 1. The van der Waals surface area contributed by atoms with Crippen molar-refractivity contribution in [3.05, 3.63) is 22.4 Å². The van der Waals surface area contributed by atoms with E-state index in [1.54, 1.807) is 0 Å². The van der Waals surface area contributed by atoms with Crippen molar-refractivity contribution in [3.8, 4) is 0 Å². The molecule has 1 aliphatic rings. The molecule has 1 fully saturated rings. The maximum Gasteiger partial charge on any atom is 0.312 e. The third-order valence-corrected chi connectivity index (χ3v) is 5.13. The number of nitrogens with one attached hydrogen (secondary N) is 1. The van der Waals surface area contributed by atoms with Crippen LogP contribution in [0.3, 0.4) is 0 Å². The summed E-state index contributed by atoms with van der Waals surface area (Å²) in [6.45, 7) is 0.328. The first-order valence-corrected chi connectivity index (χ1v) is 8.84. The Bertz CT molecular complexity index is 686. The highest BCUT2D eigenvalue weighted by molar-refractivity contribution is 7.89. The monoisotopic (exact) mass is 344 g/mol. The average molecular weight is 344 g/mol. The topological polar surface area (TPSA) is 148 Å². The Morgan fingerprint density at radius 2 is 2.04 bits per heavy atom. The number of nitrogens with zero attached hydrogens (tertiary/aromatic N) is 2. The lowest BCUT2D eigenvalue weighted by Gasteiger charge is -2.35. The highest BCUT2D eigenvalue weighted by Gasteiger charge is 2.32. The van der Waals surface area contributed by atoms with Gasteiger partial charge in [-0.2, -0.15) is 0 Å². The smallest absolute Gasteiger partial charge is 0.312 e. The van der Waals surface area contributed by atoms with Crippen molar-refractivity contribution in [2.24, 2.45) is 10.6 Å². The first-order valence-electron chi connectivity index (χ1n) is 7.29. The molecule has 2 rings (SSSR count). The molecule has 4 N–H and O–H groups in total. The summed E-state index contributed by atoms with van der Waals surface area (Å²) in [6.07, 6.45) is 5.77. The van der Waals surface area contributed by atoms with Crippen LogP contribution in [0.25, 0.3) is 0 Å². The summed E-state index contributed by atoms with van der Waals surface area (Å²) in [5.41, 5.74) is -0.785. The van der Waals surface area contributed by atoms with Crippen LogP contribution in [0.4, 0.5) is 11.5 Å². The Balaban J connectivity index is 2.24. The number of hydrogen-bond donors (Lipinski definition) is 3. The Morgan fingerprint density at radius 1 is 1.39 bits per heavy atom. The molecule has 1 saturated carbocycles. The number of nitro groups is 1. The van der Waals surface area contributed by atoms with E-state index in [0.717, 1.165) is 44.4 Å². The fourth-order valence-corrected chi connectivity index (χ4v) is 3.30. The predicted octanol–water partition coefficient (Wildman–Crippen LogP) is 0.992. The maximum atomic E-state index is 11.3. The van der Waals surface area contributed by atoms with Crippen molar-refractivity contribution >= 4 is 21.5 Å². The fourth-order valence-electron chi connectivity index (χ4n) is 2.83. The molecule has 128 valence electrons. The zero-order valence-corrected chi connectivity index (χ0v) is 13.4. The van der Waals surface area contributed by atoms with Crippen LogP contribution in [0, 0.1) is 15.5 Å². The molecule has 0 atom stereocenters. The highest BCUT2D eigenvalue weighted by Crippen LogP contribution is 2.36. The summed E-state index contributed by atoms with van der Waals surface area (Å²) in [7, 11) is -4.06. The van der Waals surface area contributed by atoms with Crippen molar-refractivity contribution in [2.75, 3.05) is 18.5 Å². The average Bonchev–Trinajstić information content (AvgIpc) is 2.52. The van der Waals surface area contributed by atoms with Gasteiger partial charge < -0.3 is 10.4 Å². The largest absolute Gasteiger partial charge is 0.396 e. The second kappa shape index (κ2) is 6.77. The lowest BCUT2D eigenvalue weighted by molar-refractivity contribution is -0.384. The van der Waals surface area contributed by atoms with Crippen molar-refractivity contribution in [3.63, 3.8) is 0 Å². The van der Waals surface area contributed by atoms with Gasteiger partial charge in [0.2, 0.25) is 15.8 Å². The Hall–Kier alpha value is -1.78. The van der Waals surface area contributed by atoms with Crippen LogP contribution in [-0.4, -0.2) is 36.6 Å². The van der Waals surface area contributed by atoms with Gasteiger partial charge in [-0.1, -0.05) is 19.3 Å². The third-order valence-electron chi connectivity index (χ3n) is 4.25. The number of anilines is 1. The van der Waals surface area contributed by atoms with E-state index in [4.69, 9.17) is 5.14 Å². The molecule has 10 heteroatoms. The van der Waals surface area contributed by atoms with E-state index in [2.05, 4.69) is 10.3 Å². The summed E-state index contributed by atoms with van der Waals surface area (Å²) in [5, 5.41) is 28.7. The van der Waals surface area contributed by atoms with E-state index in [9.17, 15) is 23.6 Å². The molecule has 0 spiro atoms. The van der Waals surface area contributed by atoms with E-state index >= 15 is 0 Å². The summed E-state index contributed by atoms with van der Waals surface area (Å²) < 4.78 is 22.6. The summed E-state index contributed by atoms with van der Waals surface area (Å²) in [5.74, 6) is -0.0270. The second-order valence-electron chi connectivity index (χ2n) is 5.91. The van der Waals surface area contributed by atoms with Crippen LogP contribution in [0.2, 0.25) is 0 Å². The number of nitrogens with two attached hydrogens (primary N) is 1. The molecular formula is C13H20N4O5S. The van der Waals surface area contributed by atoms with Gasteiger partial charge in [0, 0.05) is 24.2 Å². The first-order chi connectivity index (χ1) is 10.8. The predicted molar refractivity (Wildman–Crippen MR) is 83.4 cm³/mol. The standard InChI is InChI=1S/C13H20N4O5S/c14-23(21,22)10-6-11(17(19)20)12(15-7-10)16-8-13(9-18)4-2-1-3-5-13/h6-7,18H,1-5,8-9H2,(H,15,16)(H2,14,21,22). The minimum absolute atomic E-state index is 0.0109. The van der Waals surface area contributed by atoms with E-state index in [-0.39, 0.29) is 17.8 Å². The number of aliphatic hydroxyl groups excluding tert-OH is 1. The van der Waals surface area contributed by atoms with Gasteiger partial charge in [-0.25, -0.2) is 18.5 Å². The van der Waals surface area contributed by atoms with Gasteiger partial charge in [-0.05, 0) is 12.8 Å². The Kier molecular flexibility index (Phi) is 5.17. The van der Waals surface area contributed by atoms with Crippen molar-refractivity contribution in [1.29, 1.82) is 0 Å². The van der Waals surface area contributed by atoms with Crippen LogP contribution >= 0.6 is 0 Å². The van der Waals surface area contributed by atoms with E-state index in [1.807, 2.05) is 0 Å². The minimum Gasteiger partial charge on any atom is -0.396 e. The molecule has 0 aromatic carbocycles. The molecule has 1 aromatic heterocycles. The molecule has 0 bridgehead atoms. The number of rotatable bonds is 6. The molecule has 0 unspecified atom stereocenters. The molecule has 1 heterocycles. The molecule has 0 saturated heterocycles. The molecule has 9 nitrogen and oxygen atoms in total. The van der Waals surface area contributed by atoms with Gasteiger partial charge in [0.25, 0.3) is 0 Å². The number of sulfonamides is 1. The van der Waals surface area contributed by atoms with Crippen LogP contribution in [0.5, 0.6) is 0 Å². The highest BCUT2D eigenvalue weighted by atomic mass is 32.2. The van der Waals surface area contributed by atoms with Crippen LogP contribution < -0.4 is 10.5 Å². The zero-order chi connectivity index (χ0) is 17.1. The Morgan fingerprint density at radius 3 is 2.57 bits per heavy atom. The first kappa shape index (κ1) is 17.6. The molecule has 23 heavy (non-hydrogen) atoms. The van der Waals surface area contributed by atoms with Gasteiger partial charge in [0.15, 0.2) is 0 Å². The summed E-state index contributed by atoms with van der Waals surface area (Å²) >= 11 is 0. The van der Waals surface area contributed by atoms with Crippen molar-refractivity contribution in [1.82, 2.24) is 4.98 Å². The van der Waals surface area contributed by atoms with Gasteiger partial charge in [0.05, 0.1) is 11.5 Å². The maximum absolute atomic E-state index is 11.3. The summed E-state index contributed by atoms with van der Waals surface area (Å²) in [6, 6.07) is 0.886. The van der Waals surface area contributed by atoms with Crippen LogP contribution in [0.1, 0.15) is 32.1 Å². The van der Waals surface area contributed by atoms with Gasteiger partial charge in [-0.15, -0.1) is 0 Å². The quantitative estimate of drug-likeness (QED) is 0.514. The zero-order valence-electron chi connectivity index (χ0n) is 12.6. The van der Waals surface area contributed by atoms with Crippen LogP contribution in [-0.2, 0) is 10.0 Å². The van der Waals surface area contributed by atoms with Gasteiger partial charge in [-0.3, -0.25) is 10.1 Å². The van der Waals surface area contributed by atoms with Crippen molar-refractivity contribution < 1.29 is 18.4 Å². The number of hydrogen-bond acceptors (Lipinski definition) is 7. The van der Waals surface area contributed by atoms with E-state index < -0.39 is 25.5 Å². The lowest BCUT2D eigenvalue weighted by atomic mass is 9.74. The molecule has 1 aromatic rings. The fraction of sp³-hybridized carbons (Fsp3) is 0.615. The number of primary sulfonamides is 1.